The van der Waals surface area contributed by atoms with E-state index in [-0.39, 0.29) is 24.0 Å². The van der Waals surface area contributed by atoms with E-state index in [1.807, 2.05) is 0 Å². The number of hydrogen-bond acceptors (Lipinski definition) is 4. The monoisotopic (exact) mass is 570 g/mol. The van der Waals surface area contributed by atoms with E-state index >= 15 is 0 Å². The molecule has 1 unspecified atom stereocenters. The van der Waals surface area contributed by atoms with E-state index in [0.29, 0.717) is 12.5 Å². The number of likely N-dealkylation sites (tertiary alicyclic amines) is 1. The molecule has 0 radical (unpaired) electrons. The minimum absolute atomic E-state index is 0. The maximum absolute atomic E-state index is 4.83. The van der Waals surface area contributed by atoms with Gasteiger partial charge in [-0.1, -0.05) is 44.5 Å². The third-order valence-electron chi connectivity index (χ3n) is 6.74. The quantitative estimate of drug-likeness (QED) is 0.256. The van der Waals surface area contributed by atoms with Crippen molar-refractivity contribution in [1.29, 1.82) is 0 Å². The minimum Gasteiger partial charge on any atom is -0.357 e. The summed E-state index contributed by atoms with van der Waals surface area (Å²) in [5.74, 6) is 1.52. The lowest BCUT2D eigenvalue weighted by Crippen LogP contribution is -2.48. The van der Waals surface area contributed by atoms with Gasteiger partial charge in [0.05, 0.1) is 6.54 Å². The molecular formula is C26H47IN6. The van der Waals surface area contributed by atoms with E-state index in [4.69, 9.17) is 4.99 Å². The molecule has 1 aromatic carbocycles. The molecule has 1 atom stereocenters. The Morgan fingerprint density at radius 3 is 2.12 bits per heavy atom. The molecule has 33 heavy (non-hydrogen) atoms. The second kappa shape index (κ2) is 15.9. The summed E-state index contributed by atoms with van der Waals surface area (Å²) in [4.78, 5) is 12.6. The zero-order valence-corrected chi connectivity index (χ0v) is 23.5. The zero-order valence-electron chi connectivity index (χ0n) is 21.2. The fourth-order valence-electron chi connectivity index (χ4n) is 4.70. The highest BCUT2D eigenvalue weighted by atomic mass is 127. The van der Waals surface area contributed by atoms with Crippen LogP contribution in [0.5, 0.6) is 0 Å². The van der Waals surface area contributed by atoms with Crippen LogP contribution >= 0.6 is 24.0 Å². The van der Waals surface area contributed by atoms with Gasteiger partial charge in [0.15, 0.2) is 5.96 Å². The van der Waals surface area contributed by atoms with Gasteiger partial charge in [0, 0.05) is 52.4 Å². The molecule has 0 aliphatic carbocycles. The Balaban J connectivity index is 0.00000385. The van der Waals surface area contributed by atoms with Gasteiger partial charge in [0.25, 0.3) is 0 Å². The number of likely N-dealkylation sites (N-methyl/N-ethyl adjacent to an activating group) is 1. The molecule has 2 heterocycles. The number of benzene rings is 1. The maximum atomic E-state index is 4.83. The summed E-state index contributed by atoms with van der Waals surface area (Å²) in [7, 11) is 0. The van der Waals surface area contributed by atoms with Crippen molar-refractivity contribution in [3.8, 4) is 0 Å². The standard InChI is InChI=1S/C26H46N6.HI/c1-4-27-26(28-19-23(3)21-32-17-15-30(5-2)16-18-32)29-20-24-9-11-25(12-10-24)22-31-13-7-6-8-14-31;/h9-12,23H,4-8,13-22H2,1-3H3,(H2,27,28,29);1H. The third kappa shape index (κ3) is 10.5. The van der Waals surface area contributed by atoms with Crippen LogP contribution in [0, 0.1) is 5.92 Å². The number of nitrogens with zero attached hydrogens (tertiary/aromatic N) is 4. The molecule has 2 N–H and O–H groups in total. The van der Waals surface area contributed by atoms with Crippen molar-refractivity contribution in [2.24, 2.45) is 10.9 Å². The molecule has 0 saturated carbocycles. The van der Waals surface area contributed by atoms with Crippen molar-refractivity contribution in [2.75, 3.05) is 65.4 Å². The molecule has 3 rings (SSSR count). The van der Waals surface area contributed by atoms with Gasteiger partial charge in [0.1, 0.15) is 0 Å². The number of aliphatic imine (C=N–C) groups is 1. The highest BCUT2D eigenvalue weighted by Gasteiger charge is 2.17. The van der Waals surface area contributed by atoms with Gasteiger partial charge < -0.3 is 20.4 Å². The SMILES string of the molecule is CCNC(=NCc1ccc(CN2CCCCC2)cc1)NCC(C)CN1CCN(CC)CC1.I. The lowest BCUT2D eigenvalue weighted by molar-refractivity contribution is 0.124. The number of hydrogen-bond donors (Lipinski definition) is 2. The smallest absolute Gasteiger partial charge is 0.191 e. The Kier molecular flexibility index (Phi) is 13.7. The summed E-state index contributed by atoms with van der Waals surface area (Å²) in [5.41, 5.74) is 2.68. The first-order chi connectivity index (χ1) is 15.7. The van der Waals surface area contributed by atoms with Crippen LogP contribution < -0.4 is 10.6 Å². The number of halogens is 1. The highest BCUT2D eigenvalue weighted by molar-refractivity contribution is 14.0. The first-order valence-corrected chi connectivity index (χ1v) is 12.9. The van der Waals surface area contributed by atoms with Crippen molar-refractivity contribution in [1.82, 2.24) is 25.3 Å². The van der Waals surface area contributed by atoms with Crippen molar-refractivity contribution in [2.45, 2.75) is 53.1 Å². The van der Waals surface area contributed by atoms with Crippen molar-refractivity contribution >= 4 is 29.9 Å². The van der Waals surface area contributed by atoms with Crippen molar-refractivity contribution in [3.63, 3.8) is 0 Å². The Morgan fingerprint density at radius 2 is 1.48 bits per heavy atom. The maximum Gasteiger partial charge on any atom is 0.191 e. The normalized spacial score (nSPS) is 19.7. The largest absolute Gasteiger partial charge is 0.357 e. The molecule has 0 amide bonds. The van der Waals surface area contributed by atoms with Crippen LogP contribution in [0.15, 0.2) is 29.3 Å². The summed E-state index contributed by atoms with van der Waals surface area (Å²) >= 11 is 0. The molecule has 2 fully saturated rings. The van der Waals surface area contributed by atoms with Crippen LogP contribution in [0.2, 0.25) is 0 Å². The van der Waals surface area contributed by atoms with Crippen LogP contribution in [0.1, 0.15) is 51.2 Å². The van der Waals surface area contributed by atoms with Gasteiger partial charge in [-0.3, -0.25) is 4.90 Å². The van der Waals surface area contributed by atoms with Crippen LogP contribution in [0.25, 0.3) is 0 Å². The predicted octanol–water partition coefficient (Wildman–Crippen LogP) is 3.62. The first kappa shape index (κ1) is 28.3. The molecule has 0 aromatic heterocycles. The lowest BCUT2D eigenvalue weighted by Gasteiger charge is -2.35. The second-order valence-corrected chi connectivity index (χ2v) is 9.57. The summed E-state index contributed by atoms with van der Waals surface area (Å²) in [5, 5.41) is 6.96. The average Bonchev–Trinajstić information content (AvgIpc) is 2.83. The zero-order chi connectivity index (χ0) is 22.6. The van der Waals surface area contributed by atoms with Crippen LogP contribution in [0.3, 0.4) is 0 Å². The second-order valence-electron chi connectivity index (χ2n) is 9.57. The molecule has 0 bridgehead atoms. The van der Waals surface area contributed by atoms with Crippen molar-refractivity contribution < 1.29 is 0 Å². The Hall–Kier alpha value is -0.900. The molecule has 0 spiro atoms. The molecular weight excluding hydrogens is 523 g/mol. The third-order valence-corrected chi connectivity index (χ3v) is 6.74. The van der Waals surface area contributed by atoms with Gasteiger partial charge in [-0.25, -0.2) is 4.99 Å². The number of guanidine groups is 1. The molecule has 1 aromatic rings. The number of rotatable bonds is 10. The van der Waals surface area contributed by atoms with Crippen molar-refractivity contribution in [3.05, 3.63) is 35.4 Å². The van der Waals surface area contributed by atoms with Gasteiger partial charge >= 0.3 is 0 Å². The molecule has 2 aliphatic rings. The van der Waals surface area contributed by atoms with Crippen LogP contribution in [-0.2, 0) is 13.1 Å². The molecule has 2 saturated heterocycles. The molecule has 188 valence electrons. The van der Waals surface area contributed by atoms with Crippen LogP contribution in [0.4, 0.5) is 0 Å². The highest BCUT2D eigenvalue weighted by Crippen LogP contribution is 2.14. The van der Waals surface area contributed by atoms with Gasteiger partial charge in [-0.05, 0) is 56.4 Å². The van der Waals surface area contributed by atoms with Crippen LogP contribution in [-0.4, -0.2) is 86.1 Å². The fraction of sp³-hybridized carbons (Fsp3) is 0.731. The summed E-state index contributed by atoms with van der Waals surface area (Å²) in [6.07, 6.45) is 4.09. The van der Waals surface area contributed by atoms with E-state index in [0.717, 1.165) is 32.1 Å². The van der Waals surface area contributed by atoms with Gasteiger partial charge in [0.2, 0.25) is 0 Å². The minimum atomic E-state index is 0. The number of nitrogens with one attached hydrogen (secondary N) is 2. The molecule has 7 heteroatoms. The lowest BCUT2D eigenvalue weighted by atomic mass is 10.1. The fourth-order valence-corrected chi connectivity index (χ4v) is 4.70. The van der Waals surface area contributed by atoms with E-state index in [9.17, 15) is 0 Å². The Bertz CT molecular complexity index is 666. The van der Waals surface area contributed by atoms with E-state index in [1.54, 1.807) is 0 Å². The molecule has 6 nitrogen and oxygen atoms in total. The summed E-state index contributed by atoms with van der Waals surface area (Å²) in [6, 6.07) is 9.04. The average molecular weight is 571 g/mol. The van der Waals surface area contributed by atoms with E-state index in [2.05, 4.69) is 70.4 Å². The summed E-state index contributed by atoms with van der Waals surface area (Å²) in [6.45, 7) is 20.0. The molecule has 2 aliphatic heterocycles. The first-order valence-electron chi connectivity index (χ1n) is 12.9. The summed E-state index contributed by atoms with van der Waals surface area (Å²) < 4.78 is 0. The van der Waals surface area contributed by atoms with E-state index in [1.165, 1.54) is 76.2 Å². The topological polar surface area (TPSA) is 46.1 Å². The van der Waals surface area contributed by atoms with Gasteiger partial charge in [-0.2, -0.15) is 0 Å². The van der Waals surface area contributed by atoms with E-state index < -0.39 is 0 Å². The van der Waals surface area contributed by atoms with Gasteiger partial charge in [-0.15, -0.1) is 24.0 Å². The number of piperazine rings is 1. The predicted molar refractivity (Wildman–Crippen MR) is 152 cm³/mol. The Morgan fingerprint density at radius 1 is 0.848 bits per heavy atom. The Labute approximate surface area is 219 Å². The number of piperidine rings is 1.